The lowest BCUT2D eigenvalue weighted by Gasteiger charge is -2.13. The van der Waals surface area contributed by atoms with Crippen LogP contribution in [0.2, 0.25) is 0 Å². The van der Waals surface area contributed by atoms with Gasteiger partial charge in [-0.25, -0.2) is 4.79 Å². The summed E-state index contributed by atoms with van der Waals surface area (Å²) in [7, 11) is 0. The Morgan fingerprint density at radius 1 is 1.47 bits per heavy atom. The van der Waals surface area contributed by atoms with E-state index in [0.29, 0.717) is 18.4 Å². The fourth-order valence-electron chi connectivity index (χ4n) is 2.35. The maximum atomic E-state index is 11.6. The molecule has 0 aromatic carbocycles. The molecule has 0 aliphatic heterocycles. The van der Waals surface area contributed by atoms with Crippen LogP contribution < -0.4 is 11.2 Å². The van der Waals surface area contributed by atoms with Gasteiger partial charge in [0.05, 0.1) is 6.10 Å². The molecule has 6 heteroatoms. The van der Waals surface area contributed by atoms with E-state index in [9.17, 15) is 14.7 Å². The quantitative estimate of drug-likeness (QED) is 0.627. The van der Waals surface area contributed by atoms with E-state index in [4.69, 9.17) is 5.11 Å². The molecule has 17 heavy (non-hydrogen) atoms. The predicted octanol–water partition coefficient (Wildman–Crippen LogP) is -0.851. The standard InChI is InChI=1S/C11H16N2O4/c1-6-4-13(11(17)12-10(6)16)8-2-7(5-14)9(15)3-8/h4,7-9,14-15H,2-3,5H2,1H3,(H,12,16,17). The highest BCUT2D eigenvalue weighted by Crippen LogP contribution is 2.33. The molecule has 1 fully saturated rings. The van der Waals surface area contributed by atoms with Gasteiger partial charge < -0.3 is 10.2 Å². The molecular formula is C11H16N2O4. The molecule has 6 nitrogen and oxygen atoms in total. The average Bonchev–Trinajstić information content (AvgIpc) is 2.65. The van der Waals surface area contributed by atoms with E-state index < -0.39 is 11.8 Å². The number of nitrogens with one attached hydrogen (secondary N) is 1. The van der Waals surface area contributed by atoms with Gasteiger partial charge in [-0.05, 0) is 19.8 Å². The second kappa shape index (κ2) is 4.46. The SMILES string of the molecule is Cc1cn(C2CC(O)C(CO)C2)c(=O)[nH]c1=O. The zero-order valence-electron chi connectivity index (χ0n) is 9.59. The number of aromatic nitrogens is 2. The number of rotatable bonds is 2. The second-order valence-corrected chi connectivity index (χ2v) is 4.61. The molecule has 1 aliphatic rings. The number of aliphatic hydroxyl groups excluding tert-OH is 2. The summed E-state index contributed by atoms with van der Waals surface area (Å²) in [6.07, 6.45) is 1.89. The summed E-state index contributed by atoms with van der Waals surface area (Å²) in [5.41, 5.74) is -0.383. The molecule has 0 spiro atoms. The Labute approximate surface area is 97.5 Å². The number of aliphatic hydroxyl groups is 2. The maximum absolute atomic E-state index is 11.6. The highest BCUT2D eigenvalue weighted by molar-refractivity contribution is 5.03. The van der Waals surface area contributed by atoms with Gasteiger partial charge in [-0.1, -0.05) is 0 Å². The van der Waals surface area contributed by atoms with Gasteiger partial charge in [-0.15, -0.1) is 0 Å². The van der Waals surface area contributed by atoms with Crippen LogP contribution in [0.3, 0.4) is 0 Å². The van der Waals surface area contributed by atoms with Crippen LogP contribution in [-0.2, 0) is 0 Å². The molecule has 0 amide bonds. The van der Waals surface area contributed by atoms with Crippen LogP contribution in [0.15, 0.2) is 15.8 Å². The van der Waals surface area contributed by atoms with Crippen LogP contribution in [0.25, 0.3) is 0 Å². The summed E-state index contributed by atoms with van der Waals surface area (Å²) in [5.74, 6) is -0.195. The summed E-state index contributed by atoms with van der Waals surface area (Å²) >= 11 is 0. The average molecular weight is 240 g/mol. The van der Waals surface area contributed by atoms with E-state index in [1.165, 1.54) is 10.8 Å². The monoisotopic (exact) mass is 240 g/mol. The van der Waals surface area contributed by atoms with Crippen molar-refractivity contribution >= 4 is 0 Å². The largest absolute Gasteiger partial charge is 0.396 e. The molecule has 1 saturated carbocycles. The molecular weight excluding hydrogens is 224 g/mol. The van der Waals surface area contributed by atoms with Crippen molar-refractivity contribution in [3.8, 4) is 0 Å². The Balaban J connectivity index is 2.34. The maximum Gasteiger partial charge on any atom is 0.328 e. The summed E-state index contributed by atoms with van der Waals surface area (Å²) in [5, 5.41) is 18.8. The lowest BCUT2D eigenvalue weighted by Crippen LogP contribution is -2.32. The third-order valence-corrected chi connectivity index (χ3v) is 3.41. The number of aromatic amines is 1. The van der Waals surface area contributed by atoms with Crippen molar-refractivity contribution in [3.05, 3.63) is 32.6 Å². The Morgan fingerprint density at radius 3 is 2.76 bits per heavy atom. The van der Waals surface area contributed by atoms with Gasteiger partial charge >= 0.3 is 5.69 Å². The van der Waals surface area contributed by atoms with Crippen LogP contribution in [0, 0.1) is 12.8 Å². The van der Waals surface area contributed by atoms with E-state index in [2.05, 4.69) is 4.98 Å². The fraction of sp³-hybridized carbons (Fsp3) is 0.636. The number of hydrogen-bond acceptors (Lipinski definition) is 4. The third kappa shape index (κ3) is 2.18. The number of nitrogens with zero attached hydrogens (tertiary/aromatic N) is 1. The molecule has 1 aliphatic carbocycles. The van der Waals surface area contributed by atoms with E-state index >= 15 is 0 Å². The molecule has 0 saturated heterocycles. The van der Waals surface area contributed by atoms with Crippen molar-refractivity contribution in [2.75, 3.05) is 6.61 Å². The summed E-state index contributed by atoms with van der Waals surface area (Å²) in [6, 6.07) is -0.162. The Bertz CT molecular complexity index is 519. The highest BCUT2D eigenvalue weighted by atomic mass is 16.3. The zero-order chi connectivity index (χ0) is 12.6. The van der Waals surface area contributed by atoms with Gasteiger partial charge in [0.25, 0.3) is 5.56 Å². The van der Waals surface area contributed by atoms with Gasteiger partial charge in [-0.2, -0.15) is 0 Å². The summed E-state index contributed by atoms with van der Waals surface area (Å²) in [4.78, 5) is 25.1. The van der Waals surface area contributed by atoms with E-state index in [1.807, 2.05) is 0 Å². The molecule has 1 heterocycles. The normalized spacial score (nSPS) is 28.5. The van der Waals surface area contributed by atoms with Crippen LogP contribution in [0.4, 0.5) is 0 Å². The fourth-order valence-corrected chi connectivity index (χ4v) is 2.35. The molecule has 2 rings (SSSR count). The van der Waals surface area contributed by atoms with E-state index in [-0.39, 0.29) is 24.1 Å². The molecule has 0 radical (unpaired) electrons. The first-order chi connectivity index (χ1) is 8.02. The van der Waals surface area contributed by atoms with Crippen LogP contribution in [-0.4, -0.2) is 32.5 Å². The molecule has 3 unspecified atom stereocenters. The second-order valence-electron chi connectivity index (χ2n) is 4.61. The molecule has 1 aromatic rings. The number of hydrogen-bond donors (Lipinski definition) is 3. The van der Waals surface area contributed by atoms with Crippen molar-refractivity contribution in [3.63, 3.8) is 0 Å². The predicted molar refractivity (Wildman–Crippen MR) is 60.9 cm³/mol. The van der Waals surface area contributed by atoms with Gasteiger partial charge in [0.15, 0.2) is 0 Å². The smallest absolute Gasteiger partial charge is 0.328 e. The first kappa shape index (κ1) is 12.1. The number of H-pyrrole nitrogens is 1. The highest BCUT2D eigenvalue weighted by Gasteiger charge is 2.33. The van der Waals surface area contributed by atoms with Crippen molar-refractivity contribution in [2.24, 2.45) is 5.92 Å². The lowest BCUT2D eigenvalue weighted by atomic mass is 10.1. The van der Waals surface area contributed by atoms with Crippen LogP contribution in [0.5, 0.6) is 0 Å². The van der Waals surface area contributed by atoms with Gasteiger partial charge in [0, 0.05) is 30.3 Å². The van der Waals surface area contributed by atoms with Crippen molar-refractivity contribution in [1.82, 2.24) is 9.55 Å². The molecule has 0 bridgehead atoms. The first-order valence-electron chi connectivity index (χ1n) is 5.64. The van der Waals surface area contributed by atoms with Gasteiger partial charge in [0.2, 0.25) is 0 Å². The van der Waals surface area contributed by atoms with E-state index in [0.717, 1.165) is 0 Å². The van der Waals surface area contributed by atoms with Gasteiger partial charge in [-0.3, -0.25) is 14.3 Å². The zero-order valence-corrected chi connectivity index (χ0v) is 9.59. The minimum atomic E-state index is -0.593. The molecule has 1 aromatic heterocycles. The number of aryl methyl sites for hydroxylation is 1. The Kier molecular flexibility index (Phi) is 3.17. The lowest BCUT2D eigenvalue weighted by molar-refractivity contribution is 0.0906. The Hall–Kier alpha value is -1.40. The minimum Gasteiger partial charge on any atom is -0.396 e. The van der Waals surface area contributed by atoms with Crippen molar-refractivity contribution in [1.29, 1.82) is 0 Å². The van der Waals surface area contributed by atoms with Crippen LogP contribution in [0.1, 0.15) is 24.4 Å². The van der Waals surface area contributed by atoms with Gasteiger partial charge in [0.1, 0.15) is 0 Å². The van der Waals surface area contributed by atoms with E-state index in [1.54, 1.807) is 6.92 Å². The topological polar surface area (TPSA) is 95.3 Å². The molecule has 94 valence electrons. The molecule has 3 N–H and O–H groups in total. The van der Waals surface area contributed by atoms with Crippen LogP contribution >= 0.6 is 0 Å². The minimum absolute atomic E-state index is 0.0885. The van der Waals surface area contributed by atoms with Crippen molar-refractivity contribution < 1.29 is 10.2 Å². The summed E-state index contributed by atoms with van der Waals surface area (Å²) < 4.78 is 1.44. The Morgan fingerprint density at radius 2 is 2.18 bits per heavy atom. The summed E-state index contributed by atoms with van der Waals surface area (Å²) in [6.45, 7) is 1.54. The van der Waals surface area contributed by atoms with Crippen molar-refractivity contribution in [2.45, 2.75) is 31.9 Å². The first-order valence-corrected chi connectivity index (χ1v) is 5.64. The molecule has 3 atom stereocenters. The third-order valence-electron chi connectivity index (χ3n) is 3.41.